The van der Waals surface area contributed by atoms with Crippen LogP contribution < -0.4 is 4.74 Å². The molecule has 1 heterocycles. The molecule has 124 valence electrons. The zero-order valence-corrected chi connectivity index (χ0v) is 14.4. The van der Waals surface area contributed by atoms with Gasteiger partial charge in [-0.25, -0.2) is 4.21 Å². The number of hydrogen-bond acceptors (Lipinski definition) is 6. The highest BCUT2D eigenvalue weighted by Gasteiger charge is 2.10. The van der Waals surface area contributed by atoms with Crippen molar-refractivity contribution >= 4 is 15.4 Å². The summed E-state index contributed by atoms with van der Waals surface area (Å²) in [5, 5.41) is 3.89. The van der Waals surface area contributed by atoms with Gasteiger partial charge in [0.25, 0.3) is 0 Å². The molecule has 3 aromatic rings. The Morgan fingerprint density at radius 3 is 2.67 bits per heavy atom. The molecule has 0 fully saturated rings. The quantitative estimate of drug-likeness (QED) is 0.719. The number of nitrogens with zero attached hydrogens (tertiary/aromatic N) is 3. The topological polar surface area (TPSA) is 77.6 Å². The molecule has 0 saturated heterocycles. The van der Waals surface area contributed by atoms with E-state index in [1.54, 1.807) is 56.7 Å². The van der Waals surface area contributed by atoms with E-state index >= 15 is 0 Å². The molecule has 6 nitrogen and oxygen atoms in total. The summed E-state index contributed by atoms with van der Waals surface area (Å²) < 4.78 is 27.6. The average Bonchev–Trinajstić information content (AvgIpc) is 3.01. The SMILES string of the molecule is COc1cccc(S(C)(=O)=Nc2cccc(-c3noc(C)n3)c2)c1. The van der Waals surface area contributed by atoms with Crippen molar-refractivity contribution < 1.29 is 13.5 Å². The molecule has 1 unspecified atom stereocenters. The smallest absolute Gasteiger partial charge is 0.223 e. The van der Waals surface area contributed by atoms with Crippen LogP contribution in [-0.2, 0) is 9.73 Å². The van der Waals surface area contributed by atoms with Crippen LogP contribution in [0.15, 0.2) is 62.3 Å². The number of rotatable bonds is 4. The van der Waals surface area contributed by atoms with Gasteiger partial charge in [-0.15, -0.1) is 0 Å². The van der Waals surface area contributed by atoms with Gasteiger partial charge in [-0.05, 0) is 30.3 Å². The highest BCUT2D eigenvalue weighted by molar-refractivity contribution is 7.93. The molecule has 0 aliphatic heterocycles. The van der Waals surface area contributed by atoms with E-state index in [1.807, 2.05) is 12.1 Å². The summed E-state index contributed by atoms with van der Waals surface area (Å²) in [5.74, 6) is 1.62. The predicted octanol–water partition coefficient (Wildman–Crippen LogP) is 3.84. The standard InChI is InChI=1S/C17H17N3O3S/c1-12-18-17(19-23-12)13-6-4-7-14(10-13)20-24(3,21)16-9-5-8-15(11-16)22-2/h4-11H,1-3H3. The van der Waals surface area contributed by atoms with Crippen molar-refractivity contribution in [2.24, 2.45) is 4.36 Å². The van der Waals surface area contributed by atoms with Gasteiger partial charge in [0.15, 0.2) is 0 Å². The first kappa shape index (κ1) is 16.2. The molecular weight excluding hydrogens is 326 g/mol. The van der Waals surface area contributed by atoms with Gasteiger partial charge in [-0.1, -0.05) is 23.4 Å². The summed E-state index contributed by atoms with van der Waals surface area (Å²) in [5.41, 5.74) is 1.35. The lowest BCUT2D eigenvalue weighted by molar-refractivity contribution is 0.394. The van der Waals surface area contributed by atoms with Crippen LogP contribution in [0.25, 0.3) is 11.4 Å². The highest BCUT2D eigenvalue weighted by Crippen LogP contribution is 2.26. The second kappa shape index (κ2) is 6.45. The van der Waals surface area contributed by atoms with Crippen molar-refractivity contribution in [2.75, 3.05) is 13.4 Å². The van der Waals surface area contributed by atoms with E-state index in [-0.39, 0.29) is 0 Å². The van der Waals surface area contributed by atoms with Crippen LogP contribution in [0.4, 0.5) is 5.69 Å². The van der Waals surface area contributed by atoms with Crippen LogP contribution in [0.2, 0.25) is 0 Å². The Bertz CT molecular complexity index is 988. The van der Waals surface area contributed by atoms with Crippen LogP contribution in [0.3, 0.4) is 0 Å². The zero-order chi connectivity index (χ0) is 17.2. The van der Waals surface area contributed by atoms with E-state index in [9.17, 15) is 4.21 Å². The van der Waals surface area contributed by atoms with E-state index in [1.165, 1.54) is 0 Å². The molecule has 0 aliphatic carbocycles. The first-order valence-corrected chi connectivity index (χ1v) is 9.17. The second-order valence-corrected chi connectivity index (χ2v) is 7.52. The van der Waals surface area contributed by atoms with Crippen LogP contribution in [0.1, 0.15) is 5.89 Å². The number of methoxy groups -OCH3 is 1. The van der Waals surface area contributed by atoms with Crippen molar-refractivity contribution in [1.29, 1.82) is 0 Å². The van der Waals surface area contributed by atoms with Gasteiger partial charge >= 0.3 is 0 Å². The Kier molecular flexibility index (Phi) is 4.35. The summed E-state index contributed by atoms with van der Waals surface area (Å²) >= 11 is 0. The fraction of sp³-hybridized carbons (Fsp3) is 0.176. The molecule has 0 spiro atoms. The Hall–Kier alpha value is -2.67. The zero-order valence-electron chi connectivity index (χ0n) is 13.6. The summed E-state index contributed by atoms with van der Waals surface area (Å²) in [6, 6.07) is 14.4. The maximum Gasteiger partial charge on any atom is 0.223 e. The third-order valence-corrected chi connectivity index (χ3v) is 5.08. The van der Waals surface area contributed by atoms with E-state index in [2.05, 4.69) is 14.5 Å². The van der Waals surface area contributed by atoms with Crippen molar-refractivity contribution in [2.45, 2.75) is 11.8 Å². The number of aromatic nitrogens is 2. The largest absolute Gasteiger partial charge is 0.497 e. The highest BCUT2D eigenvalue weighted by atomic mass is 32.2. The minimum atomic E-state index is -2.61. The Balaban J connectivity index is 2.02. The fourth-order valence-corrected chi connectivity index (χ4v) is 3.50. The van der Waals surface area contributed by atoms with Crippen molar-refractivity contribution in [1.82, 2.24) is 10.1 Å². The maximum atomic E-state index is 13.0. The molecule has 1 aromatic heterocycles. The van der Waals surface area contributed by atoms with E-state index in [4.69, 9.17) is 9.26 Å². The lowest BCUT2D eigenvalue weighted by atomic mass is 10.2. The summed E-state index contributed by atoms with van der Waals surface area (Å²) in [7, 11) is -1.04. The molecule has 0 amide bonds. The molecule has 1 atom stereocenters. The lowest BCUT2D eigenvalue weighted by Gasteiger charge is -2.07. The average molecular weight is 343 g/mol. The predicted molar refractivity (Wildman–Crippen MR) is 91.9 cm³/mol. The van der Waals surface area contributed by atoms with Crippen molar-refractivity contribution in [3.8, 4) is 17.1 Å². The molecule has 2 aromatic carbocycles. The molecule has 0 bridgehead atoms. The molecule has 0 N–H and O–H groups in total. The van der Waals surface area contributed by atoms with Gasteiger partial charge in [-0.3, -0.25) is 0 Å². The molecule has 0 aliphatic rings. The van der Waals surface area contributed by atoms with Gasteiger partial charge in [0, 0.05) is 18.7 Å². The maximum absolute atomic E-state index is 13.0. The van der Waals surface area contributed by atoms with Gasteiger partial charge in [0.2, 0.25) is 11.7 Å². The normalized spacial score (nSPS) is 13.3. The van der Waals surface area contributed by atoms with E-state index in [0.717, 1.165) is 5.56 Å². The molecule has 0 radical (unpaired) electrons. The summed E-state index contributed by atoms with van der Waals surface area (Å²) in [4.78, 5) is 4.81. The van der Waals surface area contributed by atoms with Crippen molar-refractivity contribution in [3.63, 3.8) is 0 Å². The van der Waals surface area contributed by atoms with Crippen LogP contribution in [0, 0.1) is 6.92 Å². The Labute approximate surface area is 140 Å². The summed E-state index contributed by atoms with van der Waals surface area (Å²) in [6.07, 6.45) is 1.60. The number of aryl methyl sites for hydroxylation is 1. The molecular formula is C17H17N3O3S. The first-order chi connectivity index (χ1) is 11.5. The van der Waals surface area contributed by atoms with E-state index in [0.29, 0.717) is 28.0 Å². The fourth-order valence-electron chi connectivity index (χ4n) is 2.21. The Morgan fingerprint density at radius 1 is 1.17 bits per heavy atom. The van der Waals surface area contributed by atoms with E-state index < -0.39 is 9.73 Å². The molecule has 7 heteroatoms. The lowest BCUT2D eigenvalue weighted by Crippen LogP contribution is -1.97. The molecule has 3 rings (SSSR count). The molecule has 24 heavy (non-hydrogen) atoms. The van der Waals surface area contributed by atoms with Crippen LogP contribution >= 0.6 is 0 Å². The van der Waals surface area contributed by atoms with Gasteiger partial charge in [0.1, 0.15) is 5.75 Å². The monoisotopic (exact) mass is 343 g/mol. The summed E-state index contributed by atoms with van der Waals surface area (Å²) in [6.45, 7) is 1.73. The van der Waals surface area contributed by atoms with Gasteiger partial charge in [0.05, 0.1) is 27.4 Å². The third kappa shape index (κ3) is 3.46. The molecule has 0 saturated carbocycles. The van der Waals surface area contributed by atoms with Crippen LogP contribution in [-0.4, -0.2) is 27.7 Å². The number of ether oxygens (including phenoxy) is 1. The van der Waals surface area contributed by atoms with Gasteiger partial charge in [-0.2, -0.15) is 9.35 Å². The number of hydrogen-bond donors (Lipinski definition) is 0. The van der Waals surface area contributed by atoms with Crippen LogP contribution in [0.5, 0.6) is 5.75 Å². The van der Waals surface area contributed by atoms with Gasteiger partial charge < -0.3 is 9.26 Å². The minimum absolute atomic E-state index is 0.480. The third-order valence-electron chi connectivity index (χ3n) is 3.39. The first-order valence-electron chi connectivity index (χ1n) is 7.25. The second-order valence-electron chi connectivity index (χ2n) is 5.26. The minimum Gasteiger partial charge on any atom is -0.497 e. The number of benzene rings is 2. The van der Waals surface area contributed by atoms with Crippen molar-refractivity contribution in [3.05, 3.63) is 54.4 Å². The Morgan fingerprint density at radius 2 is 1.96 bits per heavy atom.